The Morgan fingerprint density at radius 3 is 2.41 bits per heavy atom. The summed E-state index contributed by atoms with van der Waals surface area (Å²) >= 11 is 0. The van der Waals surface area contributed by atoms with Crippen molar-refractivity contribution in [3.05, 3.63) is 71.0 Å². The third-order valence-electron chi connectivity index (χ3n) is 5.18. The smallest absolute Gasteiger partial charge is 0.161 e. The maximum Gasteiger partial charge on any atom is 0.161 e. The van der Waals surface area contributed by atoms with Gasteiger partial charge in [-0.05, 0) is 42.2 Å². The number of aryl methyl sites for hydroxylation is 1. The first kappa shape index (κ1) is 19.1. The van der Waals surface area contributed by atoms with Gasteiger partial charge >= 0.3 is 0 Å². The van der Waals surface area contributed by atoms with E-state index in [4.69, 9.17) is 9.47 Å². The van der Waals surface area contributed by atoms with Gasteiger partial charge in [0, 0.05) is 25.7 Å². The molecule has 0 radical (unpaired) electrons. The van der Waals surface area contributed by atoms with Gasteiger partial charge in [-0.2, -0.15) is 0 Å². The van der Waals surface area contributed by atoms with Crippen LogP contribution in [0.25, 0.3) is 0 Å². The van der Waals surface area contributed by atoms with Crippen molar-refractivity contribution in [2.45, 2.75) is 26.4 Å². The van der Waals surface area contributed by atoms with Gasteiger partial charge in [-0.15, -0.1) is 0 Å². The quantitative estimate of drug-likeness (QED) is 0.687. The van der Waals surface area contributed by atoms with Crippen LogP contribution in [0.2, 0.25) is 0 Å². The predicted molar refractivity (Wildman–Crippen MR) is 115 cm³/mol. The molecule has 3 aromatic rings. The molecule has 4 rings (SSSR count). The Morgan fingerprint density at radius 2 is 1.69 bits per heavy atom. The Bertz CT molecular complexity index is 992. The summed E-state index contributed by atoms with van der Waals surface area (Å²) in [4.78, 5) is 11.5. The minimum Gasteiger partial charge on any atom is -0.493 e. The van der Waals surface area contributed by atoms with Gasteiger partial charge in [0.25, 0.3) is 0 Å². The number of anilines is 2. The van der Waals surface area contributed by atoms with Gasteiger partial charge in [0.05, 0.1) is 14.2 Å². The Morgan fingerprint density at radius 1 is 0.966 bits per heavy atom. The van der Waals surface area contributed by atoms with Crippen LogP contribution in [0, 0.1) is 6.92 Å². The van der Waals surface area contributed by atoms with Crippen LogP contribution < -0.4 is 19.7 Å². The van der Waals surface area contributed by atoms with E-state index in [0.29, 0.717) is 0 Å². The molecule has 0 aliphatic carbocycles. The van der Waals surface area contributed by atoms with Crippen LogP contribution >= 0.6 is 0 Å². The molecule has 1 aliphatic rings. The van der Waals surface area contributed by atoms with E-state index in [1.54, 1.807) is 14.2 Å². The molecule has 0 bridgehead atoms. The van der Waals surface area contributed by atoms with E-state index in [1.807, 2.05) is 31.2 Å². The standard InChI is InChI=1S/C23H26N4O2/c1-16-25-22(24-14-17-7-5-4-6-8-17)13-23(26-16)27-10-9-18-11-20(28-2)21(29-3)12-19(18)15-27/h4-8,11-13H,9-10,14-15H2,1-3H3,(H,24,25,26). The molecule has 1 aliphatic heterocycles. The number of aromatic nitrogens is 2. The molecule has 2 heterocycles. The molecule has 1 N–H and O–H groups in total. The lowest BCUT2D eigenvalue weighted by atomic mass is 9.99. The van der Waals surface area contributed by atoms with Gasteiger partial charge in [0.2, 0.25) is 0 Å². The fourth-order valence-corrected chi connectivity index (χ4v) is 3.67. The van der Waals surface area contributed by atoms with E-state index in [2.05, 4.69) is 44.5 Å². The lowest BCUT2D eigenvalue weighted by Gasteiger charge is -2.30. The summed E-state index contributed by atoms with van der Waals surface area (Å²) in [5.41, 5.74) is 3.76. The molecule has 150 valence electrons. The van der Waals surface area contributed by atoms with Gasteiger partial charge < -0.3 is 19.7 Å². The van der Waals surface area contributed by atoms with Crippen LogP contribution in [0.3, 0.4) is 0 Å². The molecule has 1 aromatic heterocycles. The van der Waals surface area contributed by atoms with Gasteiger partial charge in [0.1, 0.15) is 17.5 Å². The molecular weight excluding hydrogens is 364 g/mol. The van der Waals surface area contributed by atoms with Crippen molar-refractivity contribution < 1.29 is 9.47 Å². The van der Waals surface area contributed by atoms with Crippen molar-refractivity contribution in [1.82, 2.24) is 9.97 Å². The molecule has 0 atom stereocenters. The fourth-order valence-electron chi connectivity index (χ4n) is 3.67. The van der Waals surface area contributed by atoms with Crippen LogP contribution in [0.15, 0.2) is 48.5 Å². The molecule has 6 nitrogen and oxygen atoms in total. The molecular formula is C23H26N4O2. The first-order valence-electron chi connectivity index (χ1n) is 9.78. The fraction of sp³-hybridized carbons (Fsp3) is 0.304. The second kappa shape index (κ2) is 8.39. The molecule has 29 heavy (non-hydrogen) atoms. The molecule has 2 aromatic carbocycles. The summed E-state index contributed by atoms with van der Waals surface area (Å²) in [5.74, 6) is 4.08. The Hall–Kier alpha value is -3.28. The van der Waals surface area contributed by atoms with E-state index >= 15 is 0 Å². The van der Waals surface area contributed by atoms with E-state index in [-0.39, 0.29) is 0 Å². The van der Waals surface area contributed by atoms with Crippen LogP contribution in [-0.2, 0) is 19.5 Å². The monoisotopic (exact) mass is 390 g/mol. The summed E-state index contributed by atoms with van der Waals surface area (Å²) in [5, 5.41) is 3.42. The van der Waals surface area contributed by atoms with Crippen molar-refractivity contribution in [2.24, 2.45) is 0 Å². The maximum absolute atomic E-state index is 5.48. The van der Waals surface area contributed by atoms with E-state index < -0.39 is 0 Å². The van der Waals surface area contributed by atoms with E-state index in [0.717, 1.165) is 55.0 Å². The first-order valence-corrected chi connectivity index (χ1v) is 9.78. The van der Waals surface area contributed by atoms with Crippen LogP contribution in [0.1, 0.15) is 22.5 Å². The van der Waals surface area contributed by atoms with Gasteiger partial charge in [0.15, 0.2) is 11.5 Å². The highest BCUT2D eigenvalue weighted by Gasteiger charge is 2.21. The first-order chi connectivity index (χ1) is 14.2. The second-order valence-corrected chi connectivity index (χ2v) is 7.15. The molecule has 6 heteroatoms. The van der Waals surface area contributed by atoms with Crippen molar-refractivity contribution in [3.63, 3.8) is 0 Å². The Balaban J connectivity index is 1.54. The summed E-state index contributed by atoms with van der Waals surface area (Å²) in [6, 6.07) is 16.5. The molecule has 0 spiro atoms. The maximum atomic E-state index is 5.48. The topological polar surface area (TPSA) is 59.5 Å². The number of hydrogen-bond donors (Lipinski definition) is 1. The minimum atomic E-state index is 0.733. The molecule has 0 fully saturated rings. The number of fused-ring (bicyclic) bond motifs is 1. The minimum absolute atomic E-state index is 0.733. The highest BCUT2D eigenvalue weighted by Crippen LogP contribution is 2.34. The number of methoxy groups -OCH3 is 2. The normalized spacial score (nSPS) is 13.0. The number of hydrogen-bond acceptors (Lipinski definition) is 6. The average Bonchev–Trinajstić information content (AvgIpc) is 2.76. The zero-order chi connectivity index (χ0) is 20.2. The lowest BCUT2D eigenvalue weighted by Crippen LogP contribution is -2.31. The predicted octanol–water partition coefficient (Wildman–Crippen LogP) is 3.98. The van der Waals surface area contributed by atoms with E-state index in [1.165, 1.54) is 16.7 Å². The highest BCUT2D eigenvalue weighted by molar-refractivity contribution is 5.54. The number of ether oxygens (including phenoxy) is 2. The van der Waals surface area contributed by atoms with Crippen LogP contribution in [0.4, 0.5) is 11.6 Å². The summed E-state index contributed by atoms with van der Waals surface area (Å²) < 4.78 is 10.9. The average molecular weight is 390 g/mol. The summed E-state index contributed by atoms with van der Waals surface area (Å²) in [7, 11) is 3.34. The Labute approximate surface area is 171 Å². The van der Waals surface area contributed by atoms with Crippen LogP contribution in [-0.4, -0.2) is 30.7 Å². The summed E-state index contributed by atoms with van der Waals surface area (Å²) in [6.45, 7) is 4.35. The van der Waals surface area contributed by atoms with Crippen LogP contribution in [0.5, 0.6) is 11.5 Å². The van der Waals surface area contributed by atoms with E-state index in [9.17, 15) is 0 Å². The third-order valence-corrected chi connectivity index (χ3v) is 5.18. The highest BCUT2D eigenvalue weighted by atomic mass is 16.5. The van der Waals surface area contributed by atoms with Crippen molar-refractivity contribution in [3.8, 4) is 11.5 Å². The van der Waals surface area contributed by atoms with Gasteiger partial charge in [-0.25, -0.2) is 9.97 Å². The van der Waals surface area contributed by atoms with Crippen molar-refractivity contribution >= 4 is 11.6 Å². The zero-order valence-electron chi connectivity index (χ0n) is 17.1. The molecule has 0 saturated carbocycles. The number of nitrogens with one attached hydrogen (secondary N) is 1. The molecule has 0 saturated heterocycles. The second-order valence-electron chi connectivity index (χ2n) is 7.15. The van der Waals surface area contributed by atoms with Gasteiger partial charge in [-0.1, -0.05) is 30.3 Å². The molecule has 0 unspecified atom stereocenters. The van der Waals surface area contributed by atoms with Gasteiger partial charge in [-0.3, -0.25) is 0 Å². The van der Waals surface area contributed by atoms with Crippen molar-refractivity contribution in [2.75, 3.05) is 31.0 Å². The number of nitrogens with zero attached hydrogens (tertiary/aromatic N) is 3. The molecule has 0 amide bonds. The SMILES string of the molecule is COc1cc2c(cc1OC)CN(c1cc(NCc3ccccc3)nc(C)n1)CC2. The third kappa shape index (κ3) is 4.26. The lowest BCUT2D eigenvalue weighted by molar-refractivity contribution is 0.353. The largest absolute Gasteiger partial charge is 0.493 e. The number of rotatable bonds is 6. The Kier molecular flexibility index (Phi) is 5.51. The van der Waals surface area contributed by atoms with Crippen molar-refractivity contribution in [1.29, 1.82) is 0 Å². The summed E-state index contributed by atoms with van der Waals surface area (Å²) in [6.07, 6.45) is 0.936. The number of benzene rings is 2. The zero-order valence-corrected chi connectivity index (χ0v) is 17.1.